The first kappa shape index (κ1) is 11.7. The van der Waals surface area contributed by atoms with E-state index in [1.807, 2.05) is 30.3 Å². The predicted molar refractivity (Wildman–Crippen MR) is 72.3 cm³/mol. The van der Waals surface area contributed by atoms with E-state index in [1.165, 1.54) is 5.56 Å². The average Bonchev–Trinajstić information content (AvgIpc) is 2.32. The Labute approximate surface area is 106 Å². The van der Waals surface area contributed by atoms with E-state index >= 15 is 0 Å². The van der Waals surface area contributed by atoms with E-state index < -0.39 is 0 Å². The minimum absolute atomic E-state index is 0.639. The summed E-state index contributed by atoms with van der Waals surface area (Å²) in [6.45, 7) is 0.778. The summed E-state index contributed by atoms with van der Waals surface area (Å²) in [7, 11) is 0. The van der Waals surface area contributed by atoms with Crippen LogP contribution in [-0.4, -0.2) is 11.5 Å². The van der Waals surface area contributed by atoms with E-state index in [4.69, 9.17) is 17.3 Å². The van der Waals surface area contributed by atoms with Crippen LogP contribution >= 0.6 is 11.6 Å². The zero-order valence-electron chi connectivity index (χ0n) is 9.36. The molecule has 0 radical (unpaired) electrons. The number of hydrogen-bond donors (Lipinski definition) is 2. The molecule has 0 aliphatic rings. The van der Waals surface area contributed by atoms with E-state index in [1.54, 1.807) is 6.20 Å². The summed E-state index contributed by atoms with van der Waals surface area (Å²) >= 11 is 5.99. The van der Waals surface area contributed by atoms with Crippen LogP contribution in [0.25, 0.3) is 0 Å². The third-order valence-corrected chi connectivity index (χ3v) is 2.72. The molecular formula is C13H14ClN3. The number of benzene rings is 1. The molecule has 1 heterocycles. The molecular weight excluding hydrogens is 234 g/mol. The second-order valence-electron chi connectivity index (χ2n) is 3.76. The standard InChI is InChI=1S/C13H14ClN3/c14-12-5-2-7-16-13(12)17-8-6-10-3-1-4-11(15)9-10/h1-5,7,9H,6,8,15H2,(H,16,17). The molecule has 3 N–H and O–H groups in total. The first-order valence-electron chi connectivity index (χ1n) is 5.44. The smallest absolute Gasteiger partial charge is 0.144 e. The fraction of sp³-hybridized carbons (Fsp3) is 0.154. The highest BCUT2D eigenvalue weighted by Crippen LogP contribution is 2.17. The molecule has 17 heavy (non-hydrogen) atoms. The van der Waals surface area contributed by atoms with Gasteiger partial charge < -0.3 is 11.1 Å². The summed E-state index contributed by atoms with van der Waals surface area (Å²) in [5, 5.41) is 3.84. The number of pyridine rings is 1. The third kappa shape index (κ3) is 3.36. The van der Waals surface area contributed by atoms with Gasteiger partial charge in [-0.2, -0.15) is 0 Å². The molecule has 1 aromatic heterocycles. The molecule has 0 unspecified atom stereocenters. The maximum absolute atomic E-state index is 5.99. The van der Waals surface area contributed by atoms with E-state index in [0.29, 0.717) is 5.02 Å². The lowest BCUT2D eigenvalue weighted by molar-refractivity contribution is 1.01. The van der Waals surface area contributed by atoms with E-state index in [-0.39, 0.29) is 0 Å². The van der Waals surface area contributed by atoms with Crippen LogP contribution in [0.4, 0.5) is 11.5 Å². The molecule has 4 heteroatoms. The summed E-state index contributed by atoms with van der Waals surface area (Å²) in [5.74, 6) is 0.720. The van der Waals surface area contributed by atoms with Crippen molar-refractivity contribution in [3.63, 3.8) is 0 Å². The number of nitrogens with zero attached hydrogens (tertiary/aromatic N) is 1. The largest absolute Gasteiger partial charge is 0.399 e. The number of aromatic nitrogens is 1. The van der Waals surface area contributed by atoms with Crippen molar-refractivity contribution in [1.29, 1.82) is 0 Å². The molecule has 3 nitrogen and oxygen atoms in total. The zero-order valence-corrected chi connectivity index (χ0v) is 10.1. The van der Waals surface area contributed by atoms with Crippen LogP contribution in [0.1, 0.15) is 5.56 Å². The Kier molecular flexibility index (Phi) is 3.83. The molecule has 0 spiro atoms. The Bertz CT molecular complexity index is 500. The molecule has 1 aromatic carbocycles. The summed E-state index contributed by atoms with van der Waals surface area (Å²) in [6.07, 6.45) is 2.60. The third-order valence-electron chi connectivity index (χ3n) is 2.42. The molecule has 0 aliphatic carbocycles. The van der Waals surface area contributed by atoms with Gasteiger partial charge in [-0.3, -0.25) is 0 Å². The van der Waals surface area contributed by atoms with Crippen molar-refractivity contribution in [2.45, 2.75) is 6.42 Å². The second-order valence-corrected chi connectivity index (χ2v) is 4.16. The number of halogens is 1. The zero-order chi connectivity index (χ0) is 12.1. The van der Waals surface area contributed by atoms with Gasteiger partial charge in [0.15, 0.2) is 0 Å². The van der Waals surface area contributed by atoms with E-state index in [2.05, 4.69) is 16.4 Å². The number of rotatable bonds is 4. The topological polar surface area (TPSA) is 50.9 Å². The fourth-order valence-corrected chi connectivity index (χ4v) is 1.78. The Morgan fingerprint density at radius 3 is 2.88 bits per heavy atom. The van der Waals surface area contributed by atoms with E-state index in [9.17, 15) is 0 Å². The van der Waals surface area contributed by atoms with Crippen LogP contribution in [0.5, 0.6) is 0 Å². The van der Waals surface area contributed by atoms with Crippen molar-refractivity contribution >= 4 is 23.1 Å². The van der Waals surface area contributed by atoms with Gasteiger partial charge in [0.2, 0.25) is 0 Å². The molecule has 88 valence electrons. The number of nitrogens with two attached hydrogens (primary N) is 1. The van der Waals surface area contributed by atoms with Crippen LogP contribution < -0.4 is 11.1 Å². The highest BCUT2D eigenvalue weighted by Gasteiger charge is 1.99. The van der Waals surface area contributed by atoms with Gasteiger partial charge in [0.05, 0.1) is 5.02 Å². The molecule has 0 bridgehead atoms. The first-order valence-corrected chi connectivity index (χ1v) is 5.82. The number of anilines is 2. The maximum Gasteiger partial charge on any atom is 0.144 e. The van der Waals surface area contributed by atoms with Crippen LogP contribution in [0, 0.1) is 0 Å². The van der Waals surface area contributed by atoms with Gasteiger partial charge >= 0.3 is 0 Å². The fourth-order valence-electron chi connectivity index (χ4n) is 1.59. The molecule has 2 rings (SSSR count). The first-order chi connectivity index (χ1) is 8.25. The van der Waals surface area contributed by atoms with Gasteiger partial charge in [0, 0.05) is 18.4 Å². The van der Waals surface area contributed by atoms with Crippen LogP contribution in [0.15, 0.2) is 42.6 Å². The van der Waals surface area contributed by atoms with Crippen molar-refractivity contribution < 1.29 is 0 Å². The highest BCUT2D eigenvalue weighted by molar-refractivity contribution is 6.32. The minimum atomic E-state index is 0.639. The Hall–Kier alpha value is -1.74. The van der Waals surface area contributed by atoms with Crippen LogP contribution in [0.2, 0.25) is 5.02 Å². The molecule has 0 fully saturated rings. The van der Waals surface area contributed by atoms with Crippen molar-refractivity contribution in [2.75, 3.05) is 17.6 Å². The monoisotopic (exact) mass is 247 g/mol. The number of hydrogen-bond acceptors (Lipinski definition) is 3. The van der Waals surface area contributed by atoms with Gasteiger partial charge in [0.1, 0.15) is 5.82 Å². The maximum atomic E-state index is 5.99. The summed E-state index contributed by atoms with van der Waals surface area (Å²) < 4.78 is 0. The van der Waals surface area contributed by atoms with Crippen molar-refractivity contribution in [3.05, 3.63) is 53.2 Å². The van der Waals surface area contributed by atoms with Crippen molar-refractivity contribution in [1.82, 2.24) is 4.98 Å². The summed E-state index contributed by atoms with van der Waals surface area (Å²) in [6, 6.07) is 11.5. The molecule has 0 amide bonds. The van der Waals surface area contributed by atoms with Gasteiger partial charge in [-0.1, -0.05) is 23.7 Å². The Balaban J connectivity index is 1.90. The number of nitrogen functional groups attached to an aromatic ring is 1. The lowest BCUT2D eigenvalue weighted by Gasteiger charge is -2.07. The van der Waals surface area contributed by atoms with Crippen LogP contribution in [0.3, 0.4) is 0 Å². The van der Waals surface area contributed by atoms with Gasteiger partial charge in [-0.05, 0) is 36.2 Å². The molecule has 0 saturated carbocycles. The molecule has 2 aromatic rings. The molecule has 0 saturated heterocycles. The highest BCUT2D eigenvalue weighted by atomic mass is 35.5. The minimum Gasteiger partial charge on any atom is -0.399 e. The van der Waals surface area contributed by atoms with Crippen molar-refractivity contribution in [2.24, 2.45) is 0 Å². The normalized spacial score (nSPS) is 10.2. The SMILES string of the molecule is Nc1cccc(CCNc2ncccc2Cl)c1. The lowest BCUT2D eigenvalue weighted by Crippen LogP contribution is -2.06. The van der Waals surface area contributed by atoms with Crippen molar-refractivity contribution in [3.8, 4) is 0 Å². The van der Waals surface area contributed by atoms with Crippen LogP contribution in [-0.2, 0) is 6.42 Å². The average molecular weight is 248 g/mol. The number of nitrogens with one attached hydrogen (secondary N) is 1. The van der Waals surface area contributed by atoms with Gasteiger partial charge in [-0.25, -0.2) is 4.98 Å². The Morgan fingerprint density at radius 1 is 1.24 bits per heavy atom. The summed E-state index contributed by atoms with van der Waals surface area (Å²) in [4.78, 5) is 4.16. The van der Waals surface area contributed by atoms with Gasteiger partial charge in [0.25, 0.3) is 0 Å². The summed E-state index contributed by atoms with van der Waals surface area (Å²) in [5.41, 5.74) is 7.70. The van der Waals surface area contributed by atoms with Gasteiger partial charge in [-0.15, -0.1) is 0 Å². The van der Waals surface area contributed by atoms with E-state index in [0.717, 1.165) is 24.5 Å². The quantitative estimate of drug-likeness (QED) is 0.817. The molecule has 0 atom stereocenters. The second kappa shape index (κ2) is 5.55. The Morgan fingerprint density at radius 2 is 2.12 bits per heavy atom. The predicted octanol–water partition coefficient (Wildman–Crippen LogP) is 2.97. The molecule has 0 aliphatic heterocycles. The lowest BCUT2D eigenvalue weighted by atomic mass is 10.1.